The second-order valence-corrected chi connectivity index (χ2v) is 8.52. The maximum atomic E-state index is 12.6. The number of carbonyl (C=O) groups is 1. The van der Waals surface area contributed by atoms with Crippen molar-refractivity contribution < 1.29 is 4.79 Å². The Morgan fingerprint density at radius 2 is 0.889 bits per heavy atom. The van der Waals surface area contributed by atoms with Gasteiger partial charge in [0.15, 0.2) is 6.29 Å². The largest absolute Gasteiger partial charge is 0.310 e. The summed E-state index contributed by atoms with van der Waals surface area (Å²) in [6, 6.07) is 45.2. The van der Waals surface area contributed by atoms with E-state index in [9.17, 15) is 4.79 Å². The summed E-state index contributed by atoms with van der Waals surface area (Å²) in [5.41, 5.74) is 7.75. The van der Waals surface area contributed by atoms with Gasteiger partial charge in [-0.2, -0.15) is 0 Å². The average molecular weight is 469 g/mol. The van der Waals surface area contributed by atoms with E-state index >= 15 is 0 Å². The Balaban J connectivity index is 1.74. The molecule has 0 aliphatic carbocycles. The zero-order valence-electron chi connectivity index (χ0n) is 20.3. The predicted molar refractivity (Wildman–Crippen MR) is 151 cm³/mol. The van der Waals surface area contributed by atoms with E-state index in [0.29, 0.717) is 5.56 Å². The molecule has 0 N–H and O–H groups in total. The highest BCUT2D eigenvalue weighted by atomic mass is 16.1. The van der Waals surface area contributed by atoms with Crippen LogP contribution in [0.1, 0.15) is 22.8 Å². The van der Waals surface area contributed by atoms with Gasteiger partial charge in [-0.05, 0) is 72.6 Å². The lowest BCUT2D eigenvalue weighted by Gasteiger charge is -2.31. The minimum atomic E-state index is 0.631. The van der Waals surface area contributed by atoms with Crippen molar-refractivity contribution in [2.24, 2.45) is 0 Å². The molecule has 0 aliphatic rings. The lowest BCUT2D eigenvalue weighted by molar-refractivity contribution is 0.112. The van der Waals surface area contributed by atoms with E-state index in [0.717, 1.165) is 52.4 Å². The van der Waals surface area contributed by atoms with Crippen molar-refractivity contribution >= 4 is 40.4 Å². The first-order chi connectivity index (χ1) is 17.8. The fraction of sp³-hybridized carbons (Fsp3) is 0.0606. The normalized spacial score (nSPS) is 10.6. The number of rotatable bonds is 8. The van der Waals surface area contributed by atoms with Gasteiger partial charge in [0.25, 0.3) is 0 Å². The van der Waals surface area contributed by atoms with Crippen LogP contribution in [0.3, 0.4) is 0 Å². The van der Waals surface area contributed by atoms with Crippen LogP contribution in [0.25, 0.3) is 0 Å². The molecule has 36 heavy (non-hydrogen) atoms. The zero-order chi connectivity index (χ0) is 24.7. The standard InChI is InChI=1S/C33H28N2O/c1-2-26-23-33(35(30-19-11-5-12-20-30)31-21-13-6-14-22-31)27(25-36)24-32(26)34(28-15-7-3-8-16-28)29-17-9-4-10-18-29/h3-25H,2H2,1H3. The van der Waals surface area contributed by atoms with Crippen molar-refractivity contribution in [3.63, 3.8) is 0 Å². The molecule has 3 nitrogen and oxygen atoms in total. The molecule has 5 rings (SSSR count). The molecule has 5 aromatic rings. The van der Waals surface area contributed by atoms with E-state index in [2.05, 4.69) is 71.3 Å². The van der Waals surface area contributed by atoms with E-state index in [-0.39, 0.29) is 0 Å². The van der Waals surface area contributed by atoms with Crippen LogP contribution in [-0.2, 0) is 6.42 Å². The van der Waals surface area contributed by atoms with Crippen molar-refractivity contribution in [3.05, 3.63) is 145 Å². The Labute approximate surface area is 212 Å². The monoisotopic (exact) mass is 468 g/mol. The first-order valence-electron chi connectivity index (χ1n) is 12.2. The molecule has 5 aromatic carbocycles. The van der Waals surface area contributed by atoms with Gasteiger partial charge in [-0.25, -0.2) is 0 Å². The number of aryl methyl sites for hydroxylation is 1. The number of hydrogen-bond acceptors (Lipinski definition) is 3. The van der Waals surface area contributed by atoms with E-state index in [1.807, 2.05) is 78.9 Å². The molecule has 0 saturated carbocycles. The summed E-state index contributed by atoms with van der Waals surface area (Å²) in [5.74, 6) is 0. The van der Waals surface area contributed by atoms with Crippen LogP contribution in [-0.4, -0.2) is 6.29 Å². The number of para-hydroxylation sites is 4. The summed E-state index contributed by atoms with van der Waals surface area (Å²) < 4.78 is 0. The predicted octanol–water partition coefficient (Wildman–Crippen LogP) is 9.00. The fourth-order valence-corrected chi connectivity index (χ4v) is 4.58. The van der Waals surface area contributed by atoms with Gasteiger partial charge in [0.2, 0.25) is 0 Å². The third-order valence-electron chi connectivity index (χ3n) is 6.28. The molecule has 176 valence electrons. The van der Waals surface area contributed by atoms with Gasteiger partial charge in [-0.1, -0.05) is 79.7 Å². The molecule has 0 heterocycles. The molecule has 0 unspecified atom stereocenters. The van der Waals surface area contributed by atoms with Crippen molar-refractivity contribution in [2.75, 3.05) is 9.80 Å². The summed E-state index contributed by atoms with van der Waals surface area (Å²) in [4.78, 5) is 17.0. The van der Waals surface area contributed by atoms with Crippen molar-refractivity contribution in [1.29, 1.82) is 0 Å². The summed E-state index contributed by atoms with van der Waals surface area (Å²) in [6.07, 6.45) is 1.78. The van der Waals surface area contributed by atoms with Crippen molar-refractivity contribution in [3.8, 4) is 0 Å². The highest BCUT2D eigenvalue weighted by Gasteiger charge is 2.22. The van der Waals surface area contributed by atoms with Crippen molar-refractivity contribution in [2.45, 2.75) is 13.3 Å². The number of aldehydes is 1. The van der Waals surface area contributed by atoms with Gasteiger partial charge >= 0.3 is 0 Å². The highest BCUT2D eigenvalue weighted by Crippen LogP contribution is 2.42. The smallest absolute Gasteiger partial charge is 0.152 e. The van der Waals surface area contributed by atoms with Gasteiger partial charge in [0.05, 0.1) is 11.4 Å². The molecular formula is C33H28N2O. The number of hydrogen-bond donors (Lipinski definition) is 0. The molecule has 0 aromatic heterocycles. The molecule has 0 fully saturated rings. The molecule has 0 amide bonds. The van der Waals surface area contributed by atoms with E-state index in [1.54, 1.807) is 0 Å². The Morgan fingerprint density at radius 3 is 1.22 bits per heavy atom. The minimum absolute atomic E-state index is 0.631. The molecule has 3 heteroatoms. The molecular weight excluding hydrogens is 440 g/mol. The van der Waals surface area contributed by atoms with Gasteiger partial charge in [-0.3, -0.25) is 4.79 Å². The van der Waals surface area contributed by atoms with Crippen LogP contribution < -0.4 is 9.80 Å². The van der Waals surface area contributed by atoms with Gasteiger partial charge in [0, 0.05) is 28.3 Å². The fourth-order valence-electron chi connectivity index (χ4n) is 4.58. The lowest BCUT2D eigenvalue weighted by Crippen LogP contribution is -2.16. The van der Waals surface area contributed by atoms with E-state index < -0.39 is 0 Å². The SMILES string of the molecule is CCc1cc(N(c2ccccc2)c2ccccc2)c(C=O)cc1N(c1ccccc1)c1ccccc1. The number of anilines is 6. The van der Waals surface area contributed by atoms with Crippen LogP contribution in [0.15, 0.2) is 133 Å². The first-order valence-corrected chi connectivity index (χ1v) is 12.2. The van der Waals surface area contributed by atoms with E-state index in [4.69, 9.17) is 0 Å². The second kappa shape index (κ2) is 10.7. The Hall–Kier alpha value is -4.63. The highest BCUT2D eigenvalue weighted by molar-refractivity contribution is 5.94. The maximum Gasteiger partial charge on any atom is 0.152 e. The lowest BCUT2D eigenvalue weighted by atomic mass is 10.0. The summed E-state index contributed by atoms with van der Waals surface area (Å²) in [6.45, 7) is 2.16. The van der Waals surface area contributed by atoms with Crippen LogP contribution in [0, 0.1) is 0 Å². The van der Waals surface area contributed by atoms with E-state index in [1.165, 1.54) is 0 Å². The Bertz CT molecular complexity index is 1340. The Morgan fingerprint density at radius 1 is 0.528 bits per heavy atom. The van der Waals surface area contributed by atoms with Gasteiger partial charge < -0.3 is 9.80 Å². The number of nitrogens with zero attached hydrogens (tertiary/aromatic N) is 2. The van der Waals surface area contributed by atoms with Crippen molar-refractivity contribution in [1.82, 2.24) is 0 Å². The first kappa shape index (κ1) is 23.1. The molecule has 0 radical (unpaired) electrons. The number of benzene rings is 5. The van der Waals surface area contributed by atoms with Crippen LogP contribution >= 0.6 is 0 Å². The molecule has 0 bridgehead atoms. The zero-order valence-corrected chi connectivity index (χ0v) is 20.3. The molecule has 0 saturated heterocycles. The topological polar surface area (TPSA) is 23.6 Å². The second-order valence-electron chi connectivity index (χ2n) is 8.52. The van der Waals surface area contributed by atoms with Crippen LogP contribution in [0.2, 0.25) is 0 Å². The van der Waals surface area contributed by atoms with Crippen LogP contribution in [0.5, 0.6) is 0 Å². The maximum absolute atomic E-state index is 12.6. The summed E-state index contributed by atoms with van der Waals surface area (Å²) in [7, 11) is 0. The molecule has 0 atom stereocenters. The third kappa shape index (κ3) is 4.64. The number of carbonyl (C=O) groups excluding carboxylic acids is 1. The summed E-state index contributed by atoms with van der Waals surface area (Å²) in [5, 5.41) is 0. The van der Waals surface area contributed by atoms with Gasteiger partial charge in [-0.15, -0.1) is 0 Å². The molecule has 0 spiro atoms. The molecule has 0 aliphatic heterocycles. The third-order valence-corrected chi connectivity index (χ3v) is 6.28. The van der Waals surface area contributed by atoms with Gasteiger partial charge in [0.1, 0.15) is 0 Å². The Kier molecular flexibility index (Phi) is 6.90. The quantitative estimate of drug-likeness (QED) is 0.212. The minimum Gasteiger partial charge on any atom is -0.310 e. The average Bonchev–Trinajstić information content (AvgIpc) is 2.96. The van der Waals surface area contributed by atoms with Crippen LogP contribution in [0.4, 0.5) is 34.1 Å². The summed E-state index contributed by atoms with van der Waals surface area (Å²) >= 11 is 0.